The summed E-state index contributed by atoms with van der Waals surface area (Å²) in [6, 6.07) is 2.35. The largest absolute Gasteiger partial charge is 0.398 e. The topological polar surface area (TPSA) is 112 Å². The highest BCUT2D eigenvalue weighted by Gasteiger charge is 2.12. The molecule has 8 heteroatoms. The number of nitrogens with two attached hydrogens (primary N) is 2. The van der Waals surface area contributed by atoms with Gasteiger partial charge in [-0.05, 0) is 19.1 Å². The van der Waals surface area contributed by atoms with E-state index in [0.717, 1.165) is 6.07 Å². The number of anilines is 2. The van der Waals surface area contributed by atoms with Crippen LogP contribution in [0.25, 0.3) is 0 Å². The molecular formula is C12H15FN6O. The number of carbonyl (C=O) groups excluding carboxylic acids is 1. The van der Waals surface area contributed by atoms with Crippen molar-refractivity contribution in [2.75, 3.05) is 11.1 Å². The number of nitrogen functional groups attached to an aromatic ring is 1. The summed E-state index contributed by atoms with van der Waals surface area (Å²) < 4.78 is 15.6. The van der Waals surface area contributed by atoms with E-state index in [4.69, 9.17) is 11.5 Å². The lowest BCUT2D eigenvalue weighted by Crippen LogP contribution is -2.15. The highest BCUT2D eigenvalue weighted by molar-refractivity contribution is 5.99. The zero-order valence-electron chi connectivity index (χ0n) is 10.9. The Labute approximate surface area is 114 Å². The fraction of sp³-hybridized carbons (Fsp3) is 0.250. The average Bonchev–Trinajstić information content (AvgIpc) is 2.84. The molecule has 1 amide bonds. The molecule has 0 radical (unpaired) electrons. The molecule has 0 aliphatic heterocycles. The number of amides is 1. The van der Waals surface area contributed by atoms with Gasteiger partial charge >= 0.3 is 0 Å². The van der Waals surface area contributed by atoms with Gasteiger partial charge in [-0.2, -0.15) is 0 Å². The summed E-state index contributed by atoms with van der Waals surface area (Å²) >= 11 is 0. The highest BCUT2D eigenvalue weighted by atomic mass is 19.1. The number of aryl methyl sites for hydroxylation is 1. The molecule has 0 unspecified atom stereocenters. The minimum absolute atomic E-state index is 0.0114. The van der Waals surface area contributed by atoms with Crippen LogP contribution in [0, 0.1) is 5.82 Å². The minimum atomic E-state index is -0.706. The van der Waals surface area contributed by atoms with E-state index in [1.807, 2.05) is 11.5 Å². The molecule has 1 aromatic carbocycles. The Morgan fingerprint density at radius 2 is 2.25 bits per heavy atom. The van der Waals surface area contributed by atoms with Crippen LogP contribution in [0.1, 0.15) is 23.1 Å². The molecule has 0 fully saturated rings. The number of halogens is 1. The third-order valence-corrected chi connectivity index (χ3v) is 2.88. The first kappa shape index (κ1) is 13.8. The summed E-state index contributed by atoms with van der Waals surface area (Å²) in [5.41, 5.74) is 10.9. The molecule has 106 valence electrons. The molecule has 0 aliphatic carbocycles. The van der Waals surface area contributed by atoms with Crippen molar-refractivity contribution < 1.29 is 9.18 Å². The Hall–Kier alpha value is -2.64. The van der Waals surface area contributed by atoms with Gasteiger partial charge in [-0.25, -0.2) is 4.39 Å². The molecule has 0 saturated heterocycles. The number of carbonyl (C=O) groups is 1. The van der Waals surface area contributed by atoms with E-state index in [0.29, 0.717) is 12.4 Å². The first-order chi connectivity index (χ1) is 9.52. The molecule has 5 N–H and O–H groups in total. The van der Waals surface area contributed by atoms with Crippen LogP contribution >= 0.6 is 0 Å². The van der Waals surface area contributed by atoms with E-state index in [9.17, 15) is 9.18 Å². The van der Waals surface area contributed by atoms with Crippen LogP contribution in [0.3, 0.4) is 0 Å². The van der Waals surface area contributed by atoms with Crippen LogP contribution in [0.15, 0.2) is 18.5 Å². The molecule has 1 heterocycles. The molecule has 0 atom stereocenters. The molecule has 0 saturated carbocycles. The molecule has 0 aliphatic rings. The third kappa shape index (κ3) is 2.68. The van der Waals surface area contributed by atoms with Crippen LogP contribution < -0.4 is 16.8 Å². The lowest BCUT2D eigenvalue weighted by Gasteiger charge is -2.10. The minimum Gasteiger partial charge on any atom is -0.398 e. The second kappa shape index (κ2) is 5.55. The lowest BCUT2D eigenvalue weighted by atomic mass is 10.1. The third-order valence-electron chi connectivity index (χ3n) is 2.88. The van der Waals surface area contributed by atoms with Gasteiger partial charge < -0.3 is 21.4 Å². The Kier molecular flexibility index (Phi) is 3.83. The summed E-state index contributed by atoms with van der Waals surface area (Å²) in [5, 5.41) is 10.5. The second-order valence-electron chi connectivity index (χ2n) is 4.17. The van der Waals surface area contributed by atoms with Crippen molar-refractivity contribution in [3.8, 4) is 0 Å². The first-order valence-electron chi connectivity index (χ1n) is 6.02. The quantitative estimate of drug-likeness (QED) is 0.698. The molecular weight excluding hydrogens is 263 g/mol. The Balaban J connectivity index is 2.21. The van der Waals surface area contributed by atoms with Gasteiger partial charge in [-0.15, -0.1) is 10.2 Å². The number of rotatable bonds is 5. The Morgan fingerprint density at radius 3 is 2.90 bits per heavy atom. The average molecular weight is 278 g/mol. The summed E-state index contributed by atoms with van der Waals surface area (Å²) in [6.07, 6.45) is 1.59. The smallest absolute Gasteiger partial charge is 0.250 e. The van der Waals surface area contributed by atoms with E-state index in [2.05, 4.69) is 15.5 Å². The highest BCUT2D eigenvalue weighted by Crippen LogP contribution is 2.22. The van der Waals surface area contributed by atoms with E-state index in [-0.39, 0.29) is 23.5 Å². The van der Waals surface area contributed by atoms with Crippen LogP contribution in [-0.4, -0.2) is 20.7 Å². The number of hydrogen-bond donors (Lipinski definition) is 3. The van der Waals surface area contributed by atoms with Crippen LogP contribution in [0.4, 0.5) is 15.8 Å². The van der Waals surface area contributed by atoms with Gasteiger partial charge in [0.2, 0.25) is 0 Å². The van der Waals surface area contributed by atoms with Gasteiger partial charge in [0.25, 0.3) is 5.91 Å². The lowest BCUT2D eigenvalue weighted by molar-refractivity contribution is 0.100. The molecule has 0 spiro atoms. The maximum absolute atomic E-state index is 13.8. The van der Waals surface area contributed by atoms with E-state index in [1.54, 1.807) is 6.33 Å². The van der Waals surface area contributed by atoms with Crippen LogP contribution in [-0.2, 0) is 13.1 Å². The fourth-order valence-corrected chi connectivity index (χ4v) is 1.79. The number of nitrogens with one attached hydrogen (secondary N) is 1. The van der Waals surface area contributed by atoms with Crippen molar-refractivity contribution >= 4 is 17.3 Å². The summed E-state index contributed by atoms with van der Waals surface area (Å²) in [4.78, 5) is 11.2. The van der Waals surface area contributed by atoms with Crippen LogP contribution in [0.5, 0.6) is 0 Å². The van der Waals surface area contributed by atoms with E-state index in [1.165, 1.54) is 6.07 Å². The number of primary amides is 1. The van der Waals surface area contributed by atoms with Crippen molar-refractivity contribution in [2.24, 2.45) is 5.73 Å². The standard InChI is InChI=1S/C12H15FN6O/c1-2-19-6-17-18-11(19)5-16-10-3-7(12(15)20)9(14)4-8(10)13/h3-4,6,16H,2,5,14H2,1H3,(H2,15,20). The molecule has 1 aromatic heterocycles. The van der Waals surface area contributed by atoms with Crippen molar-refractivity contribution in [1.82, 2.24) is 14.8 Å². The number of nitrogens with zero attached hydrogens (tertiary/aromatic N) is 3. The van der Waals surface area contributed by atoms with E-state index < -0.39 is 11.7 Å². The van der Waals surface area contributed by atoms with Crippen LogP contribution in [0.2, 0.25) is 0 Å². The van der Waals surface area contributed by atoms with Gasteiger partial charge in [-0.3, -0.25) is 4.79 Å². The Bertz CT molecular complexity index is 639. The Morgan fingerprint density at radius 1 is 1.50 bits per heavy atom. The SMILES string of the molecule is CCn1cnnc1CNc1cc(C(N)=O)c(N)cc1F. The van der Waals surface area contributed by atoms with Crippen molar-refractivity contribution in [1.29, 1.82) is 0 Å². The van der Waals surface area contributed by atoms with Crippen molar-refractivity contribution in [3.05, 3.63) is 35.7 Å². The van der Waals surface area contributed by atoms with Gasteiger partial charge in [0, 0.05) is 12.2 Å². The van der Waals surface area contributed by atoms with Crippen molar-refractivity contribution in [2.45, 2.75) is 20.0 Å². The zero-order valence-corrected chi connectivity index (χ0v) is 10.9. The van der Waals surface area contributed by atoms with Gasteiger partial charge in [-0.1, -0.05) is 0 Å². The predicted octanol–water partition coefficient (Wildman–Crippen LogP) is 0.730. The normalized spacial score (nSPS) is 10.5. The predicted molar refractivity (Wildman–Crippen MR) is 72.4 cm³/mol. The van der Waals surface area contributed by atoms with Gasteiger partial charge in [0.1, 0.15) is 12.1 Å². The number of benzene rings is 1. The monoisotopic (exact) mass is 278 g/mol. The van der Waals surface area contributed by atoms with Gasteiger partial charge in [0.15, 0.2) is 5.82 Å². The number of hydrogen-bond acceptors (Lipinski definition) is 5. The van der Waals surface area contributed by atoms with Crippen molar-refractivity contribution in [3.63, 3.8) is 0 Å². The molecule has 2 rings (SSSR count). The fourth-order valence-electron chi connectivity index (χ4n) is 1.79. The first-order valence-corrected chi connectivity index (χ1v) is 6.02. The maximum Gasteiger partial charge on any atom is 0.250 e. The molecule has 0 bridgehead atoms. The molecule has 2 aromatic rings. The zero-order chi connectivity index (χ0) is 14.7. The maximum atomic E-state index is 13.8. The van der Waals surface area contributed by atoms with E-state index >= 15 is 0 Å². The molecule has 20 heavy (non-hydrogen) atoms. The second-order valence-corrected chi connectivity index (χ2v) is 4.17. The summed E-state index contributed by atoms with van der Waals surface area (Å²) in [5.74, 6) is -0.610. The number of aromatic nitrogens is 3. The summed E-state index contributed by atoms with van der Waals surface area (Å²) in [6.45, 7) is 2.93. The van der Waals surface area contributed by atoms with Gasteiger partial charge in [0.05, 0.1) is 17.8 Å². The summed E-state index contributed by atoms with van der Waals surface area (Å²) in [7, 11) is 0. The molecule has 7 nitrogen and oxygen atoms in total.